The molecular weight excluding hydrogens is 216 g/mol. The Bertz CT molecular complexity index is 452. The summed E-state index contributed by atoms with van der Waals surface area (Å²) in [4.78, 5) is 22.2. The molecule has 1 unspecified atom stereocenters. The number of nitrogens with one attached hydrogen (secondary N) is 1. The monoisotopic (exact) mass is 226 g/mol. The Labute approximate surface area is 90.5 Å². The number of rotatable bonds is 1. The van der Waals surface area contributed by atoms with Gasteiger partial charge < -0.3 is 15.0 Å². The first-order valence-electron chi connectivity index (χ1n) is 4.41. The maximum atomic E-state index is 11.4. The Morgan fingerprint density at radius 1 is 1.67 bits per heavy atom. The van der Waals surface area contributed by atoms with Crippen LogP contribution in [0, 0.1) is 0 Å². The van der Waals surface area contributed by atoms with Crippen LogP contribution in [0.1, 0.15) is 17.4 Å². The van der Waals surface area contributed by atoms with E-state index in [0.717, 1.165) is 5.03 Å². The largest absolute Gasteiger partial charge is 0.477 e. The number of nitrogens with zero attached hydrogens (tertiary/aromatic N) is 1. The molecular formula is C9H10N2O3S. The van der Waals surface area contributed by atoms with Gasteiger partial charge in [-0.15, -0.1) is 0 Å². The van der Waals surface area contributed by atoms with Crippen molar-refractivity contribution in [2.75, 3.05) is 5.32 Å². The number of carboxylic acid groups (broad SMARTS) is 1. The summed E-state index contributed by atoms with van der Waals surface area (Å²) in [7, 11) is 1.68. The molecule has 0 fully saturated rings. The van der Waals surface area contributed by atoms with Crippen molar-refractivity contribution in [1.82, 2.24) is 4.57 Å². The maximum absolute atomic E-state index is 11.4. The van der Waals surface area contributed by atoms with Gasteiger partial charge in [0.15, 0.2) is 0 Å². The first-order valence-corrected chi connectivity index (χ1v) is 5.29. The number of thioether (sulfide) groups is 1. The zero-order valence-corrected chi connectivity index (χ0v) is 9.09. The highest BCUT2D eigenvalue weighted by Gasteiger charge is 2.28. The van der Waals surface area contributed by atoms with Crippen LogP contribution >= 0.6 is 11.8 Å². The van der Waals surface area contributed by atoms with Crippen molar-refractivity contribution in [1.29, 1.82) is 0 Å². The smallest absolute Gasteiger partial charge is 0.352 e. The fraction of sp³-hybridized carbons (Fsp3) is 0.333. The summed E-state index contributed by atoms with van der Waals surface area (Å²) >= 11 is 1.37. The van der Waals surface area contributed by atoms with Crippen molar-refractivity contribution in [2.24, 2.45) is 7.05 Å². The van der Waals surface area contributed by atoms with E-state index in [9.17, 15) is 9.59 Å². The van der Waals surface area contributed by atoms with Crippen molar-refractivity contribution in [3.8, 4) is 0 Å². The van der Waals surface area contributed by atoms with Crippen molar-refractivity contribution in [3.05, 3.63) is 11.8 Å². The van der Waals surface area contributed by atoms with Crippen molar-refractivity contribution < 1.29 is 14.7 Å². The Kier molecular flexibility index (Phi) is 2.22. The number of aromatic carboxylic acids is 1. The van der Waals surface area contributed by atoms with Gasteiger partial charge in [-0.05, 0) is 13.0 Å². The normalized spacial score (nSPS) is 19.6. The lowest BCUT2D eigenvalue weighted by molar-refractivity contribution is -0.115. The zero-order chi connectivity index (χ0) is 11.2. The Morgan fingerprint density at radius 3 is 2.93 bits per heavy atom. The molecule has 6 heteroatoms. The third-order valence-electron chi connectivity index (χ3n) is 2.31. The van der Waals surface area contributed by atoms with Crippen molar-refractivity contribution >= 4 is 29.3 Å². The van der Waals surface area contributed by atoms with E-state index in [4.69, 9.17) is 5.11 Å². The molecule has 1 aromatic rings. The fourth-order valence-electron chi connectivity index (χ4n) is 1.48. The number of carboxylic acids is 1. The molecule has 0 bridgehead atoms. The van der Waals surface area contributed by atoms with Crippen LogP contribution in [0.5, 0.6) is 0 Å². The fourth-order valence-corrected chi connectivity index (χ4v) is 2.47. The molecule has 1 amide bonds. The first-order chi connectivity index (χ1) is 7.00. The summed E-state index contributed by atoms with van der Waals surface area (Å²) in [5.41, 5.74) is 0.768. The van der Waals surface area contributed by atoms with Crippen LogP contribution in [0.2, 0.25) is 0 Å². The van der Waals surface area contributed by atoms with Gasteiger partial charge in [-0.1, -0.05) is 11.8 Å². The lowest BCUT2D eigenvalue weighted by Gasteiger charge is -2.19. The lowest BCUT2D eigenvalue weighted by atomic mass is 10.3. The van der Waals surface area contributed by atoms with E-state index < -0.39 is 5.97 Å². The second-order valence-electron chi connectivity index (χ2n) is 3.36. The number of fused-ring (bicyclic) bond motifs is 1. The highest BCUT2D eigenvalue weighted by atomic mass is 32.2. The molecule has 5 nitrogen and oxygen atoms in total. The van der Waals surface area contributed by atoms with E-state index in [-0.39, 0.29) is 16.9 Å². The summed E-state index contributed by atoms with van der Waals surface area (Å²) in [5.74, 6) is -1.08. The second kappa shape index (κ2) is 3.30. The van der Waals surface area contributed by atoms with Crippen molar-refractivity contribution in [2.45, 2.75) is 17.2 Å². The molecule has 15 heavy (non-hydrogen) atoms. The van der Waals surface area contributed by atoms with Gasteiger partial charge >= 0.3 is 5.97 Å². The van der Waals surface area contributed by atoms with Gasteiger partial charge in [0.2, 0.25) is 5.91 Å². The van der Waals surface area contributed by atoms with Gasteiger partial charge in [0.1, 0.15) is 10.7 Å². The van der Waals surface area contributed by atoms with Crippen LogP contribution in [0.4, 0.5) is 5.69 Å². The van der Waals surface area contributed by atoms with Gasteiger partial charge in [-0.2, -0.15) is 0 Å². The third kappa shape index (κ3) is 1.50. The minimum Gasteiger partial charge on any atom is -0.477 e. The number of amides is 1. The average Bonchev–Trinajstić information content (AvgIpc) is 2.46. The molecule has 0 aliphatic carbocycles. The molecule has 0 aromatic carbocycles. The lowest BCUT2D eigenvalue weighted by Crippen LogP contribution is -2.26. The summed E-state index contributed by atoms with van der Waals surface area (Å²) in [6, 6.07) is 1.48. The standard InChI is InChI=1S/C9H10N2O3S/c1-4-7(12)10-5-3-6(9(13)14)11(2)8(5)15-4/h3-4H,1-2H3,(H,10,12)(H,13,14). The average molecular weight is 226 g/mol. The molecule has 1 aliphatic heterocycles. The predicted molar refractivity (Wildman–Crippen MR) is 56.3 cm³/mol. The Hall–Kier alpha value is -1.43. The minimum atomic E-state index is -0.991. The first kappa shape index (κ1) is 10.1. The second-order valence-corrected chi connectivity index (χ2v) is 4.69. The van der Waals surface area contributed by atoms with Crippen molar-refractivity contribution in [3.63, 3.8) is 0 Å². The number of aromatic nitrogens is 1. The molecule has 0 spiro atoms. The van der Waals surface area contributed by atoms with E-state index in [2.05, 4.69) is 5.32 Å². The number of carbonyl (C=O) groups is 2. The molecule has 2 N–H and O–H groups in total. The van der Waals surface area contributed by atoms with Gasteiger partial charge in [-0.25, -0.2) is 4.79 Å². The molecule has 80 valence electrons. The molecule has 2 rings (SSSR count). The number of carbonyl (C=O) groups excluding carboxylic acids is 1. The van der Waals surface area contributed by atoms with Crippen LogP contribution in [-0.2, 0) is 11.8 Å². The molecule has 2 heterocycles. The van der Waals surface area contributed by atoms with E-state index in [0.29, 0.717) is 5.69 Å². The Morgan fingerprint density at radius 2 is 2.33 bits per heavy atom. The summed E-state index contributed by atoms with van der Waals surface area (Å²) in [5, 5.41) is 12.2. The SMILES string of the molecule is CC1Sc2c(cc(C(=O)O)n2C)NC1=O. The zero-order valence-electron chi connectivity index (χ0n) is 8.27. The molecule has 1 atom stereocenters. The van der Waals surface area contributed by atoms with E-state index in [1.54, 1.807) is 18.5 Å². The predicted octanol–water partition coefficient (Wildman–Crippen LogP) is 1.16. The highest BCUT2D eigenvalue weighted by molar-refractivity contribution is 8.00. The Balaban J connectivity index is 2.50. The van der Waals surface area contributed by atoms with Crippen LogP contribution in [0.3, 0.4) is 0 Å². The summed E-state index contributed by atoms with van der Waals surface area (Å²) in [6.07, 6.45) is 0. The van der Waals surface area contributed by atoms with Crippen LogP contribution in [0.15, 0.2) is 11.1 Å². The van der Waals surface area contributed by atoms with Crippen LogP contribution in [-0.4, -0.2) is 26.8 Å². The van der Waals surface area contributed by atoms with Crippen LogP contribution < -0.4 is 5.32 Å². The topological polar surface area (TPSA) is 71.3 Å². The van der Waals surface area contributed by atoms with Gasteiger partial charge in [-0.3, -0.25) is 4.79 Å². The number of hydrogen-bond acceptors (Lipinski definition) is 3. The van der Waals surface area contributed by atoms with E-state index in [1.807, 2.05) is 0 Å². The molecule has 0 radical (unpaired) electrons. The molecule has 0 saturated heterocycles. The maximum Gasteiger partial charge on any atom is 0.352 e. The van der Waals surface area contributed by atoms with E-state index in [1.165, 1.54) is 17.8 Å². The third-order valence-corrected chi connectivity index (χ3v) is 3.60. The van der Waals surface area contributed by atoms with Gasteiger partial charge in [0.25, 0.3) is 0 Å². The molecule has 1 aliphatic rings. The number of hydrogen-bond donors (Lipinski definition) is 2. The highest BCUT2D eigenvalue weighted by Crippen LogP contribution is 2.37. The van der Waals surface area contributed by atoms with Crippen LogP contribution in [0.25, 0.3) is 0 Å². The minimum absolute atomic E-state index is 0.0879. The summed E-state index contributed by atoms with van der Waals surface area (Å²) in [6.45, 7) is 1.79. The number of anilines is 1. The van der Waals surface area contributed by atoms with Gasteiger partial charge in [0, 0.05) is 7.05 Å². The molecule has 0 saturated carbocycles. The van der Waals surface area contributed by atoms with E-state index >= 15 is 0 Å². The summed E-state index contributed by atoms with van der Waals surface area (Å²) < 4.78 is 1.58. The molecule has 1 aromatic heterocycles. The quantitative estimate of drug-likeness (QED) is 0.753. The van der Waals surface area contributed by atoms with Gasteiger partial charge in [0.05, 0.1) is 10.9 Å².